The Morgan fingerprint density at radius 1 is 0.719 bits per heavy atom. The summed E-state index contributed by atoms with van der Waals surface area (Å²) in [5.41, 5.74) is -0.815. The Morgan fingerprint density at radius 3 is 1.16 bits per heavy atom. The quantitative estimate of drug-likeness (QED) is 0.236. The Kier molecular flexibility index (Phi) is 9.86. The number of alkyl halides is 8. The maximum Gasteiger partial charge on any atom is 0.378 e. The van der Waals surface area contributed by atoms with Gasteiger partial charge in [0.05, 0.1) is 26.1 Å². The smallest absolute Gasteiger partial charge is 0.378 e. The molecule has 32 heavy (non-hydrogen) atoms. The zero-order valence-electron chi connectivity index (χ0n) is 16.9. The summed E-state index contributed by atoms with van der Waals surface area (Å²) in [5.74, 6) is -28.1. The van der Waals surface area contributed by atoms with Crippen molar-refractivity contribution in [3.8, 4) is 0 Å². The number of carbonyl (C=O) groups is 2. The van der Waals surface area contributed by atoms with E-state index in [0.717, 1.165) is 13.8 Å². The number of aliphatic hydroxyl groups is 2. The zero-order valence-corrected chi connectivity index (χ0v) is 16.9. The maximum absolute atomic E-state index is 14.0. The minimum Gasteiger partial charge on any atom is -0.456 e. The summed E-state index contributed by atoms with van der Waals surface area (Å²) in [6.45, 7) is 5.12. The summed E-state index contributed by atoms with van der Waals surface area (Å²) in [6.07, 6.45) is -9.78. The van der Waals surface area contributed by atoms with Crippen LogP contribution in [-0.2, 0) is 19.1 Å². The number of carbonyl (C=O) groups excluding carboxylic acids is 2. The van der Waals surface area contributed by atoms with Gasteiger partial charge in [-0.2, -0.15) is 35.1 Å². The third-order valence-electron chi connectivity index (χ3n) is 3.93. The topological polar surface area (TPSA) is 93.1 Å². The van der Waals surface area contributed by atoms with Gasteiger partial charge in [-0.1, -0.05) is 13.2 Å². The van der Waals surface area contributed by atoms with Crippen LogP contribution in [0.25, 0.3) is 0 Å². The predicted octanol–water partition coefficient (Wildman–Crippen LogP) is 3.27. The molecule has 0 spiro atoms. The molecule has 0 saturated carbocycles. The average Bonchev–Trinajstić information content (AvgIpc) is 2.65. The molecule has 0 amide bonds. The van der Waals surface area contributed by atoms with Crippen molar-refractivity contribution in [2.75, 3.05) is 13.2 Å². The van der Waals surface area contributed by atoms with Crippen molar-refractivity contribution >= 4 is 11.9 Å². The van der Waals surface area contributed by atoms with Gasteiger partial charge in [0.25, 0.3) is 0 Å². The van der Waals surface area contributed by atoms with Crippen molar-refractivity contribution in [3.05, 3.63) is 24.3 Å². The van der Waals surface area contributed by atoms with Crippen molar-refractivity contribution in [3.63, 3.8) is 0 Å². The van der Waals surface area contributed by atoms with E-state index in [2.05, 4.69) is 22.6 Å². The van der Waals surface area contributed by atoms with Crippen LogP contribution in [0.4, 0.5) is 35.1 Å². The van der Waals surface area contributed by atoms with Crippen molar-refractivity contribution in [2.24, 2.45) is 0 Å². The van der Waals surface area contributed by atoms with Gasteiger partial charge in [-0.15, -0.1) is 0 Å². The lowest BCUT2D eigenvalue weighted by atomic mass is 9.92. The van der Waals surface area contributed by atoms with E-state index in [1.807, 2.05) is 0 Å². The molecule has 0 aromatic rings. The molecule has 2 N–H and O–H groups in total. The molecular weight excluding hydrogens is 464 g/mol. The lowest BCUT2D eigenvalue weighted by Gasteiger charge is -2.38. The average molecular weight is 486 g/mol. The fraction of sp³-hybridized carbons (Fsp3) is 0.667. The second kappa shape index (κ2) is 10.6. The first-order valence-electron chi connectivity index (χ1n) is 8.73. The van der Waals surface area contributed by atoms with E-state index >= 15 is 0 Å². The third kappa shape index (κ3) is 6.64. The van der Waals surface area contributed by atoms with Crippen molar-refractivity contribution in [1.29, 1.82) is 0 Å². The van der Waals surface area contributed by atoms with E-state index < -0.39 is 85.0 Å². The standard InChI is InChI=1S/C18H22F8O6/c1-9(2)13(29)31-11(7-27)5-15(19,20)17(23,24)18(25,26)16(21,22)6-12(8-28)32-14(30)10(3)4/h11-12,27-28H,1,3,5-8H2,2,4H3. The minimum atomic E-state index is -6.73. The van der Waals surface area contributed by atoms with E-state index in [-0.39, 0.29) is 0 Å². The lowest BCUT2D eigenvalue weighted by Crippen LogP contribution is -2.63. The molecule has 0 bridgehead atoms. The molecule has 186 valence electrons. The van der Waals surface area contributed by atoms with Crippen LogP contribution in [0.5, 0.6) is 0 Å². The highest BCUT2D eigenvalue weighted by atomic mass is 19.4. The van der Waals surface area contributed by atoms with Crippen molar-refractivity contribution < 1.29 is 64.4 Å². The number of esters is 2. The van der Waals surface area contributed by atoms with Gasteiger partial charge in [0, 0.05) is 11.1 Å². The molecule has 0 aliphatic rings. The molecule has 0 aromatic carbocycles. The molecule has 6 nitrogen and oxygen atoms in total. The van der Waals surface area contributed by atoms with Crippen LogP contribution in [0.2, 0.25) is 0 Å². The van der Waals surface area contributed by atoms with Gasteiger partial charge in [0.15, 0.2) is 0 Å². The molecule has 2 atom stereocenters. The van der Waals surface area contributed by atoms with E-state index in [1.165, 1.54) is 0 Å². The van der Waals surface area contributed by atoms with Gasteiger partial charge < -0.3 is 19.7 Å². The van der Waals surface area contributed by atoms with Gasteiger partial charge in [-0.05, 0) is 13.8 Å². The summed E-state index contributed by atoms with van der Waals surface area (Å²) in [4.78, 5) is 22.6. The predicted molar refractivity (Wildman–Crippen MR) is 92.6 cm³/mol. The Labute approximate surface area is 177 Å². The van der Waals surface area contributed by atoms with E-state index in [4.69, 9.17) is 10.2 Å². The van der Waals surface area contributed by atoms with Crippen LogP contribution in [0.15, 0.2) is 24.3 Å². The van der Waals surface area contributed by atoms with E-state index in [9.17, 15) is 44.7 Å². The third-order valence-corrected chi connectivity index (χ3v) is 3.93. The SMILES string of the molecule is C=C(C)C(=O)OC(CO)CC(F)(F)C(F)(F)C(F)(F)C(F)(F)CC(CO)OC(=O)C(=C)C. The highest BCUT2D eigenvalue weighted by Gasteiger charge is 2.80. The largest absolute Gasteiger partial charge is 0.456 e. The van der Waals surface area contributed by atoms with Crippen molar-refractivity contribution in [1.82, 2.24) is 0 Å². The fourth-order valence-electron chi connectivity index (χ4n) is 2.08. The van der Waals surface area contributed by atoms with Crippen LogP contribution in [0, 0.1) is 0 Å². The lowest BCUT2D eigenvalue weighted by molar-refractivity contribution is -0.372. The molecule has 14 heteroatoms. The minimum absolute atomic E-state index is 0.408. The van der Waals surface area contributed by atoms with Crippen LogP contribution in [0.1, 0.15) is 26.7 Å². The zero-order chi connectivity index (χ0) is 25.7. The van der Waals surface area contributed by atoms with Crippen LogP contribution in [-0.4, -0.2) is 71.3 Å². The Morgan fingerprint density at radius 2 is 0.969 bits per heavy atom. The molecule has 0 radical (unpaired) electrons. The molecule has 0 rings (SSSR count). The summed E-state index contributed by atoms with van der Waals surface area (Å²) in [5, 5.41) is 17.8. The summed E-state index contributed by atoms with van der Waals surface area (Å²) in [7, 11) is 0. The first kappa shape index (κ1) is 29.8. The second-order valence-corrected chi connectivity index (χ2v) is 6.95. The Balaban J connectivity index is 5.80. The monoisotopic (exact) mass is 486 g/mol. The summed E-state index contributed by atoms with van der Waals surface area (Å²) in [6, 6.07) is 0. The van der Waals surface area contributed by atoms with Crippen LogP contribution in [0.3, 0.4) is 0 Å². The number of hydrogen-bond donors (Lipinski definition) is 2. The molecular formula is C18H22F8O6. The number of ether oxygens (including phenoxy) is 2. The van der Waals surface area contributed by atoms with E-state index in [1.54, 1.807) is 0 Å². The number of hydrogen-bond acceptors (Lipinski definition) is 6. The first-order chi connectivity index (χ1) is 14.3. The normalized spacial score (nSPS) is 15.0. The van der Waals surface area contributed by atoms with E-state index in [0.29, 0.717) is 0 Å². The van der Waals surface area contributed by atoms with Crippen molar-refractivity contribution in [2.45, 2.75) is 62.6 Å². The van der Waals surface area contributed by atoms with Crippen LogP contribution < -0.4 is 0 Å². The highest BCUT2D eigenvalue weighted by molar-refractivity contribution is 5.87. The fourth-order valence-corrected chi connectivity index (χ4v) is 2.08. The Hall–Kier alpha value is -2.22. The highest BCUT2D eigenvalue weighted by Crippen LogP contribution is 2.55. The molecule has 2 unspecified atom stereocenters. The molecule has 0 aliphatic heterocycles. The summed E-state index contributed by atoms with van der Waals surface area (Å²) >= 11 is 0. The van der Waals surface area contributed by atoms with Gasteiger partial charge in [-0.3, -0.25) is 0 Å². The first-order valence-corrected chi connectivity index (χ1v) is 8.73. The molecule has 0 saturated heterocycles. The van der Waals surface area contributed by atoms with Gasteiger partial charge in [0.1, 0.15) is 12.2 Å². The summed E-state index contributed by atoms with van der Waals surface area (Å²) < 4.78 is 121. The Bertz CT molecular complexity index is 662. The molecule has 0 aromatic heterocycles. The van der Waals surface area contributed by atoms with Crippen LogP contribution >= 0.6 is 0 Å². The maximum atomic E-state index is 14.0. The molecule has 0 heterocycles. The van der Waals surface area contributed by atoms with Gasteiger partial charge in [0.2, 0.25) is 0 Å². The molecule has 0 aliphatic carbocycles. The number of rotatable bonds is 13. The number of halogens is 8. The molecule has 0 fully saturated rings. The second-order valence-electron chi connectivity index (χ2n) is 6.95. The van der Waals surface area contributed by atoms with Gasteiger partial charge in [-0.25, -0.2) is 9.59 Å². The number of aliphatic hydroxyl groups excluding tert-OH is 2. The van der Waals surface area contributed by atoms with Gasteiger partial charge >= 0.3 is 35.6 Å².